The van der Waals surface area contributed by atoms with E-state index in [1.807, 2.05) is 0 Å². The molecule has 0 radical (unpaired) electrons. The molecule has 0 aliphatic carbocycles. The number of aromatic nitrogens is 2. The van der Waals surface area contributed by atoms with Crippen molar-refractivity contribution in [2.45, 2.75) is 32.1 Å². The molecule has 0 spiro atoms. The van der Waals surface area contributed by atoms with Crippen LogP contribution in [0.5, 0.6) is 0 Å². The van der Waals surface area contributed by atoms with E-state index in [0.717, 1.165) is 24.2 Å². The summed E-state index contributed by atoms with van der Waals surface area (Å²) in [4.78, 5) is 22.2. The molecule has 1 fully saturated rings. The first-order valence-electron chi connectivity index (χ1n) is 11.0. The largest absolute Gasteiger partial charge is 0.404 e. The van der Waals surface area contributed by atoms with Crippen LogP contribution in [0.15, 0.2) is 6.07 Å². The Balaban J connectivity index is 1.72. The van der Waals surface area contributed by atoms with E-state index in [1.54, 1.807) is 4.90 Å². The van der Waals surface area contributed by atoms with Crippen molar-refractivity contribution in [1.82, 2.24) is 14.9 Å². The SMILES string of the molecule is Cc1c2nc(NCC(=O)N3CCCC3)sc2cc2sc(N(S(=O)(=O)CC(F)(F)F)S(=O)(=O)CC(F)(F)F)nc12. The number of anilines is 2. The van der Waals surface area contributed by atoms with Crippen LogP contribution >= 0.6 is 22.7 Å². The molecule has 3 heterocycles. The first kappa shape index (κ1) is 29.5. The molecule has 4 rings (SSSR count). The van der Waals surface area contributed by atoms with Crippen molar-refractivity contribution in [2.24, 2.45) is 0 Å². The Morgan fingerprint density at radius 2 is 1.46 bits per heavy atom. The minimum atomic E-state index is -5.88. The van der Waals surface area contributed by atoms with Crippen LogP contribution in [0.25, 0.3) is 20.4 Å². The van der Waals surface area contributed by atoms with Gasteiger partial charge in [-0.15, -0.1) is 3.71 Å². The van der Waals surface area contributed by atoms with E-state index < -0.39 is 52.7 Å². The van der Waals surface area contributed by atoms with Crippen molar-refractivity contribution >= 4 is 79.3 Å². The van der Waals surface area contributed by atoms with Crippen molar-refractivity contribution in [3.8, 4) is 0 Å². The third-order valence-electron chi connectivity index (χ3n) is 5.47. The number of nitrogens with one attached hydrogen (secondary N) is 1. The zero-order valence-electron chi connectivity index (χ0n) is 19.8. The molecular formula is C19H19F6N5O5S4. The number of carbonyl (C=O) groups excluding carboxylic acids is 1. The van der Waals surface area contributed by atoms with Crippen LogP contribution in [0.2, 0.25) is 0 Å². The molecule has 1 aromatic carbocycles. The van der Waals surface area contributed by atoms with Gasteiger partial charge in [-0.2, -0.15) is 26.3 Å². The number of likely N-dealkylation sites (tertiary alicyclic amines) is 1. The van der Waals surface area contributed by atoms with Gasteiger partial charge in [-0.25, -0.2) is 26.8 Å². The second-order valence-corrected chi connectivity index (χ2v) is 14.5. The first-order valence-corrected chi connectivity index (χ1v) is 15.8. The highest BCUT2D eigenvalue weighted by Gasteiger charge is 2.48. The highest BCUT2D eigenvalue weighted by atomic mass is 32.3. The summed E-state index contributed by atoms with van der Waals surface area (Å²) in [6, 6.07) is 1.41. The summed E-state index contributed by atoms with van der Waals surface area (Å²) in [5.41, 5.74) is 0.548. The number of sulfonamides is 2. The van der Waals surface area contributed by atoms with Crippen LogP contribution in [0, 0.1) is 6.92 Å². The highest BCUT2D eigenvalue weighted by molar-refractivity contribution is 8.10. The Bertz CT molecular complexity index is 1580. The van der Waals surface area contributed by atoms with E-state index in [4.69, 9.17) is 0 Å². The predicted octanol–water partition coefficient (Wildman–Crippen LogP) is 3.84. The van der Waals surface area contributed by atoms with Crippen molar-refractivity contribution in [2.75, 3.05) is 40.2 Å². The molecule has 2 aromatic heterocycles. The Morgan fingerprint density at radius 1 is 0.949 bits per heavy atom. The lowest BCUT2D eigenvalue weighted by Crippen LogP contribution is -2.45. The maximum Gasteiger partial charge on any atom is 0.404 e. The van der Waals surface area contributed by atoms with Crippen LogP contribution in [0.4, 0.5) is 36.6 Å². The van der Waals surface area contributed by atoms with Gasteiger partial charge in [-0.3, -0.25) is 4.79 Å². The second-order valence-electron chi connectivity index (χ2n) is 8.59. The van der Waals surface area contributed by atoms with Gasteiger partial charge >= 0.3 is 12.4 Å². The number of nitrogens with zero attached hydrogens (tertiary/aromatic N) is 4. The van der Waals surface area contributed by atoms with Crippen molar-refractivity contribution < 1.29 is 48.0 Å². The topological polar surface area (TPSA) is 130 Å². The molecule has 10 nitrogen and oxygen atoms in total. The van der Waals surface area contributed by atoms with Crippen LogP contribution in [-0.4, -0.2) is 81.1 Å². The molecule has 1 amide bonds. The summed E-state index contributed by atoms with van der Waals surface area (Å²) in [6.45, 7) is 2.79. The van der Waals surface area contributed by atoms with Crippen LogP contribution in [0.1, 0.15) is 18.4 Å². The van der Waals surface area contributed by atoms with Gasteiger partial charge in [0.25, 0.3) is 20.0 Å². The smallest absolute Gasteiger partial charge is 0.352 e. The number of amides is 1. The lowest BCUT2D eigenvalue weighted by atomic mass is 10.2. The number of hydrogen-bond donors (Lipinski definition) is 1. The van der Waals surface area contributed by atoms with E-state index in [0.29, 0.717) is 39.8 Å². The summed E-state index contributed by atoms with van der Waals surface area (Å²) in [7, 11) is -11.8. The van der Waals surface area contributed by atoms with Gasteiger partial charge < -0.3 is 10.2 Å². The number of thiazole rings is 2. The van der Waals surface area contributed by atoms with E-state index in [9.17, 15) is 48.0 Å². The van der Waals surface area contributed by atoms with E-state index in [1.165, 1.54) is 13.0 Å². The number of benzene rings is 1. The van der Waals surface area contributed by atoms with Gasteiger partial charge in [0.15, 0.2) is 16.6 Å². The van der Waals surface area contributed by atoms with Gasteiger partial charge in [0.1, 0.15) is 0 Å². The van der Waals surface area contributed by atoms with Gasteiger partial charge in [-0.05, 0) is 25.8 Å². The molecule has 1 aliphatic heterocycles. The van der Waals surface area contributed by atoms with Crippen LogP contribution in [-0.2, 0) is 24.8 Å². The zero-order valence-corrected chi connectivity index (χ0v) is 23.0. The fourth-order valence-corrected chi connectivity index (χ4v) is 10.1. The summed E-state index contributed by atoms with van der Waals surface area (Å²) in [5.74, 6) is -5.54. The Labute approximate surface area is 225 Å². The molecule has 216 valence electrons. The normalized spacial score (nSPS) is 15.4. The second kappa shape index (κ2) is 10.2. The Morgan fingerprint density at radius 3 is 2.00 bits per heavy atom. The molecule has 0 atom stereocenters. The number of fused-ring (bicyclic) bond motifs is 2. The fraction of sp³-hybridized carbons (Fsp3) is 0.526. The summed E-state index contributed by atoms with van der Waals surface area (Å²) < 4.78 is 127. The molecule has 3 aromatic rings. The van der Waals surface area contributed by atoms with E-state index >= 15 is 0 Å². The molecule has 20 heteroatoms. The predicted molar refractivity (Wildman–Crippen MR) is 134 cm³/mol. The highest BCUT2D eigenvalue weighted by Crippen LogP contribution is 2.40. The van der Waals surface area contributed by atoms with Crippen LogP contribution in [0.3, 0.4) is 0 Å². The summed E-state index contributed by atoms with van der Waals surface area (Å²) in [5, 5.41) is 2.19. The third kappa shape index (κ3) is 6.65. The van der Waals surface area contributed by atoms with Crippen molar-refractivity contribution in [3.05, 3.63) is 11.6 Å². The summed E-state index contributed by atoms with van der Waals surface area (Å²) >= 11 is 1.40. The zero-order chi connectivity index (χ0) is 29.0. The Kier molecular flexibility index (Phi) is 7.71. The van der Waals surface area contributed by atoms with E-state index in [2.05, 4.69) is 15.3 Å². The first-order chi connectivity index (χ1) is 17.9. The average Bonchev–Trinajstić information content (AvgIpc) is 3.47. The molecule has 1 aliphatic rings. The fourth-order valence-electron chi connectivity index (χ4n) is 3.94. The Hall–Kier alpha value is -2.45. The minimum absolute atomic E-state index is 0.0152. The number of alkyl halides is 6. The van der Waals surface area contributed by atoms with Gasteiger partial charge in [0.2, 0.25) is 11.0 Å². The number of rotatable bonds is 8. The standard InChI is InChI=1S/C19H19F6N5O5S4/c1-10-14-11(36-16(27-14)26-7-13(31)29-4-2-3-5-29)6-12-15(10)28-17(37-12)30(38(32,33)8-18(20,21)22)39(34,35)9-19(23,24)25/h6H,2-5,7-9H2,1H3,(H,26,27). The molecule has 39 heavy (non-hydrogen) atoms. The van der Waals surface area contributed by atoms with E-state index in [-0.39, 0.29) is 28.2 Å². The van der Waals surface area contributed by atoms with Crippen molar-refractivity contribution in [1.29, 1.82) is 0 Å². The molecule has 0 bridgehead atoms. The number of aryl methyl sites for hydroxylation is 1. The maximum atomic E-state index is 12.9. The van der Waals surface area contributed by atoms with Gasteiger partial charge in [0.05, 0.1) is 27.0 Å². The molecule has 1 N–H and O–H groups in total. The van der Waals surface area contributed by atoms with Gasteiger partial charge in [0, 0.05) is 18.7 Å². The minimum Gasteiger partial charge on any atom is -0.352 e. The molecular weight excluding hydrogens is 620 g/mol. The quantitative estimate of drug-likeness (QED) is 0.368. The number of carbonyl (C=O) groups is 1. The van der Waals surface area contributed by atoms with Crippen LogP contribution < -0.4 is 9.03 Å². The van der Waals surface area contributed by atoms with Gasteiger partial charge in [-0.1, -0.05) is 22.7 Å². The monoisotopic (exact) mass is 639 g/mol. The third-order valence-corrected chi connectivity index (χ3v) is 11.8. The lowest BCUT2D eigenvalue weighted by molar-refractivity contribution is -0.128. The average molecular weight is 640 g/mol. The lowest BCUT2D eigenvalue weighted by Gasteiger charge is -2.22. The molecule has 0 saturated carbocycles. The number of hydrogen-bond acceptors (Lipinski definition) is 10. The maximum absolute atomic E-state index is 12.9. The van der Waals surface area contributed by atoms with Crippen molar-refractivity contribution in [3.63, 3.8) is 0 Å². The summed E-state index contributed by atoms with van der Waals surface area (Å²) in [6.07, 6.45) is -9.04. The molecule has 0 unspecified atom stereocenters. The molecule has 1 saturated heterocycles. The number of halogens is 6.